The number of nitrogens with one attached hydrogen (secondary N) is 1. The molecule has 21 heavy (non-hydrogen) atoms. The molecule has 1 atom stereocenters. The van der Waals surface area contributed by atoms with Crippen LogP contribution in [0.1, 0.15) is 44.7 Å². The zero-order chi connectivity index (χ0) is 15.3. The molecule has 0 aromatic heterocycles. The number of aryl methyl sites for hydroxylation is 1. The van der Waals surface area contributed by atoms with Crippen LogP contribution in [0.15, 0.2) is 18.2 Å². The summed E-state index contributed by atoms with van der Waals surface area (Å²) in [6, 6.07) is 6.99. The summed E-state index contributed by atoms with van der Waals surface area (Å²) in [6.07, 6.45) is 4.35. The Kier molecular flexibility index (Phi) is 5.65. The van der Waals surface area contributed by atoms with Crippen LogP contribution in [0.25, 0.3) is 0 Å². The van der Waals surface area contributed by atoms with Gasteiger partial charge in [0.1, 0.15) is 5.75 Å². The van der Waals surface area contributed by atoms with Gasteiger partial charge >= 0.3 is 0 Å². The van der Waals surface area contributed by atoms with Gasteiger partial charge < -0.3 is 14.8 Å². The van der Waals surface area contributed by atoms with E-state index in [2.05, 4.69) is 44.3 Å². The molecule has 0 saturated heterocycles. The lowest BCUT2D eigenvalue weighted by atomic mass is 9.92. The first kappa shape index (κ1) is 16.3. The highest BCUT2D eigenvalue weighted by molar-refractivity contribution is 5.39. The number of hydrogen-bond acceptors (Lipinski definition) is 3. The van der Waals surface area contributed by atoms with Gasteiger partial charge in [-0.25, -0.2) is 0 Å². The molecule has 1 N–H and O–H groups in total. The first-order valence-corrected chi connectivity index (χ1v) is 8.10. The van der Waals surface area contributed by atoms with Crippen molar-refractivity contribution in [3.8, 4) is 5.75 Å². The highest BCUT2D eigenvalue weighted by Crippen LogP contribution is 2.27. The van der Waals surface area contributed by atoms with E-state index in [0.29, 0.717) is 6.04 Å². The number of benzene rings is 1. The zero-order valence-electron chi connectivity index (χ0n) is 13.9. The molecular weight excluding hydrogens is 262 g/mol. The summed E-state index contributed by atoms with van der Waals surface area (Å²) in [4.78, 5) is 0. The van der Waals surface area contributed by atoms with Crippen molar-refractivity contribution in [2.24, 2.45) is 0 Å². The van der Waals surface area contributed by atoms with Gasteiger partial charge in [0.15, 0.2) is 0 Å². The minimum atomic E-state index is -0.144. The number of methoxy groups -OCH3 is 1. The Morgan fingerprint density at radius 2 is 2.19 bits per heavy atom. The van der Waals surface area contributed by atoms with Gasteiger partial charge in [0.05, 0.1) is 12.2 Å². The van der Waals surface area contributed by atoms with Crippen LogP contribution >= 0.6 is 0 Å². The van der Waals surface area contributed by atoms with Gasteiger partial charge in [-0.05, 0) is 56.8 Å². The summed E-state index contributed by atoms with van der Waals surface area (Å²) in [5, 5.41) is 3.63. The van der Waals surface area contributed by atoms with Crippen LogP contribution in [0.3, 0.4) is 0 Å². The van der Waals surface area contributed by atoms with E-state index in [1.807, 2.05) is 0 Å². The molecule has 0 spiro atoms. The van der Waals surface area contributed by atoms with Gasteiger partial charge in [0, 0.05) is 19.6 Å². The average molecular weight is 291 g/mol. The predicted molar refractivity (Wildman–Crippen MR) is 87.1 cm³/mol. The molecule has 1 unspecified atom stereocenters. The van der Waals surface area contributed by atoms with Gasteiger partial charge in [0.2, 0.25) is 0 Å². The topological polar surface area (TPSA) is 30.5 Å². The summed E-state index contributed by atoms with van der Waals surface area (Å²) in [5.41, 5.74) is 2.61. The number of fused-ring (bicyclic) bond motifs is 1. The van der Waals surface area contributed by atoms with E-state index in [0.717, 1.165) is 44.6 Å². The van der Waals surface area contributed by atoms with Gasteiger partial charge in [-0.3, -0.25) is 0 Å². The summed E-state index contributed by atoms with van der Waals surface area (Å²) >= 11 is 0. The number of hydrogen-bond donors (Lipinski definition) is 1. The third-order valence-electron chi connectivity index (χ3n) is 4.48. The minimum Gasteiger partial charge on any atom is -0.493 e. The van der Waals surface area contributed by atoms with E-state index >= 15 is 0 Å². The molecule has 3 heteroatoms. The highest BCUT2D eigenvalue weighted by Gasteiger charge is 2.28. The number of rotatable bonds is 8. The quantitative estimate of drug-likeness (QED) is 0.797. The van der Waals surface area contributed by atoms with Crippen molar-refractivity contribution in [3.05, 3.63) is 29.3 Å². The molecule has 1 aromatic carbocycles. The second-order valence-corrected chi connectivity index (χ2v) is 6.39. The summed E-state index contributed by atoms with van der Waals surface area (Å²) in [5.74, 6) is 1.07. The van der Waals surface area contributed by atoms with Crippen LogP contribution in [-0.4, -0.2) is 31.9 Å². The molecule has 0 saturated carbocycles. The maximum absolute atomic E-state index is 5.68. The second-order valence-electron chi connectivity index (χ2n) is 6.39. The lowest BCUT2D eigenvalue weighted by Crippen LogP contribution is -2.48. The summed E-state index contributed by atoms with van der Waals surface area (Å²) in [6.45, 7) is 8.39. The Bertz CT molecular complexity index is 457. The van der Waals surface area contributed by atoms with Crippen molar-refractivity contribution < 1.29 is 9.47 Å². The summed E-state index contributed by atoms with van der Waals surface area (Å²) < 4.78 is 11.2. The fourth-order valence-electron chi connectivity index (χ4n) is 2.86. The maximum atomic E-state index is 5.68. The lowest BCUT2D eigenvalue weighted by molar-refractivity contribution is -0.0123. The molecule has 1 aliphatic rings. The fraction of sp³-hybridized carbons (Fsp3) is 0.667. The molecule has 0 bridgehead atoms. The van der Waals surface area contributed by atoms with E-state index in [9.17, 15) is 0 Å². The molecule has 0 amide bonds. The van der Waals surface area contributed by atoms with Crippen LogP contribution in [0, 0.1) is 0 Å². The van der Waals surface area contributed by atoms with E-state index in [-0.39, 0.29) is 5.60 Å². The minimum absolute atomic E-state index is 0.144. The Labute approximate surface area is 129 Å². The van der Waals surface area contributed by atoms with Crippen molar-refractivity contribution in [3.63, 3.8) is 0 Å². The molecule has 0 fully saturated rings. The number of ether oxygens (including phenoxy) is 2. The molecule has 0 radical (unpaired) electrons. The Morgan fingerprint density at radius 1 is 1.38 bits per heavy atom. The normalized spacial score (nSPS) is 15.6. The molecule has 2 rings (SSSR count). The first-order valence-electron chi connectivity index (χ1n) is 8.10. The Morgan fingerprint density at radius 3 is 2.90 bits per heavy atom. The first-order chi connectivity index (χ1) is 10.1. The Balaban J connectivity index is 1.97. The molecule has 118 valence electrons. The second kappa shape index (κ2) is 7.28. The molecule has 0 aliphatic carbocycles. The van der Waals surface area contributed by atoms with E-state index in [1.54, 1.807) is 7.11 Å². The maximum Gasteiger partial charge on any atom is 0.122 e. The van der Waals surface area contributed by atoms with Crippen molar-refractivity contribution in [1.29, 1.82) is 0 Å². The van der Waals surface area contributed by atoms with Crippen LogP contribution in [0.2, 0.25) is 0 Å². The standard InChI is InChI=1S/C18H29NO2/c1-5-11-19-17(18(2,3)20-4)9-7-14-6-8-16-15(13-14)10-12-21-16/h6,8,13,17,19H,5,7,9-12H2,1-4H3. The third kappa shape index (κ3) is 4.21. The molecule has 1 heterocycles. The van der Waals surface area contributed by atoms with Gasteiger partial charge in [-0.15, -0.1) is 0 Å². The lowest BCUT2D eigenvalue weighted by Gasteiger charge is -2.34. The van der Waals surface area contributed by atoms with Crippen molar-refractivity contribution >= 4 is 0 Å². The molecule has 3 nitrogen and oxygen atoms in total. The predicted octanol–water partition coefficient (Wildman–Crippen LogP) is 3.35. The van der Waals surface area contributed by atoms with Crippen LogP contribution in [-0.2, 0) is 17.6 Å². The molecular formula is C18H29NO2. The monoisotopic (exact) mass is 291 g/mol. The van der Waals surface area contributed by atoms with Gasteiger partial charge in [-0.1, -0.05) is 19.1 Å². The van der Waals surface area contributed by atoms with Crippen molar-refractivity contribution in [2.75, 3.05) is 20.3 Å². The van der Waals surface area contributed by atoms with E-state index in [4.69, 9.17) is 9.47 Å². The summed E-state index contributed by atoms with van der Waals surface area (Å²) in [7, 11) is 1.80. The van der Waals surface area contributed by atoms with Gasteiger partial charge in [0.25, 0.3) is 0 Å². The Hall–Kier alpha value is -1.06. The molecule has 1 aromatic rings. The molecule has 1 aliphatic heterocycles. The van der Waals surface area contributed by atoms with Crippen molar-refractivity contribution in [1.82, 2.24) is 5.32 Å². The van der Waals surface area contributed by atoms with E-state index < -0.39 is 0 Å². The SMILES string of the molecule is CCCNC(CCc1ccc2c(c1)CCO2)C(C)(C)OC. The highest BCUT2D eigenvalue weighted by atomic mass is 16.5. The smallest absolute Gasteiger partial charge is 0.122 e. The van der Waals surface area contributed by atoms with Crippen molar-refractivity contribution in [2.45, 2.75) is 58.1 Å². The third-order valence-corrected chi connectivity index (χ3v) is 4.48. The van der Waals surface area contributed by atoms with Gasteiger partial charge in [-0.2, -0.15) is 0 Å². The zero-order valence-corrected chi connectivity index (χ0v) is 13.9. The van der Waals surface area contributed by atoms with Crippen LogP contribution in [0.4, 0.5) is 0 Å². The average Bonchev–Trinajstić information content (AvgIpc) is 2.94. The van der Waals surface area contributed by atoms with Crippen LogP contribution in [0.5, 0.6) is 5.75 Å². The van der Waals surface area contributed by atoms with E-state index in [1.165, 1.54) is 11.1 Å². The largest absolute Gasteiger partial charge is 0.493 e. The van der Waals surface area contributed by atoms with Crippen LogP contribution < -0.4 is 10.1 Å². The fourth-order valence-corrected chi connectivity index (χ4v) is 2.86.